The van der Waals surface area contributed by atoms with Crippen LogP contribution >= 0.6 is 0 Å². The molecule has 0 aliphatic carbocycles. The number of nitrogens with one attached hydrogen (secondary N) is 1. The fourth-order valence-corrected chi connectivity index (χ4v) is 2.36. The molecule has 1 amide bonds. The Hall–Kier alpha value is -2.82. The van der Waals surface area contributed by atoms with Gasteiger partial charge in [0.2, 0.25) is 0 Å². The van der Waals surface area contributed by atoms with Gasteiger partial charge in [-0.2, -0.15) is 0 Å². The molecule has 124 valence electrons. The minimum absolute atomic E-state index is 0.226. The van der Waals surface area contributed by atoms with Crippen molar-refractivity contribution in [3.63, 3.8) is 0 Å². The van der Waals surface area contributed by atoms with E-state index in [4.69, 9.17) is 4.74 Å². The number of pyridine rings is 1. The number of benzene rings is 1. The zero-order valence-electron chi connectivity index (χ0n) is 14.0. The second-order valence-corrected chi connectivity index (χ2v) is 5.78. The summed E-state index contributed by atoms with van der Waals surface area (Å²) in [6.07, 6.45) is 5.77. The Kier molecular flexibility index (Phi) is 4.79. The number of rotatable bonds is 6. The standard InChI is InChI=1S/C19H21N3O2/c1-3-4-11-24-16-7-5-15(6-8-16)20-19(23)17-13-22-10-9-14(2)12-18(22)21-17/h5-10,12-13H,3-4,11H2,1-2H3,(H,20,23). The lowest BCUT2D eigenvalue weighted by Crippen LogP contribution is -2.12. The Morgan fingerprint density at radius 3 is 2.79 bits per heavy atom. The highest BCUT2D eigenvalue weighted by Gasteiger charge is 2.11. The van der Waals surface area contributed by atoms with Gasteiger partial charge in [0.05, 0.1) is 6.61 Å². The molecule has 5 heteroatoms. The first kappa shape index (κ1) is 16.1. The summed E-state index contributed by atoms with van der Waals surface area (Å²) < 4.78 is 7.45. The molecule has 0 bridgehead atoms. The molecule has 0 fully saturated rings. The van der Waals surface area contributed by atoms with Gasteiger partial charge in [0.25, 0.3) is 5.91 Å². The third-order valence-corrected chi connectivity index (χ3v) is 3.73. The van der Waals surface area contributed by atoms with Crippen LogP contribution < -0.4 is 10.1 Å². The van der Waals surface area contributed by atoms with E-state index in [1.54, 1.807) is 6.20 Å². The highest BCUT2D eigenvalue weighted by Crippen LogP contribution is 2.17. The minimum atomic E-state index is -0.226. The van der Waals surface area contributed by atoms with Crippen LogP contribution in [-0.2, 0) is 0 Å². The van der Waals surface area contributed by atoms with Gasteiger partial charge in [-0.05, 0) is 55.3 Å². The molecule has 5 nitrogen and oxygen atoms in total. The van der Waals surface area contributed by atoms with Crippen LogP contribution in [0.25, 0.3) is 5.65 Å². The number of carbonyl (C=O) groups is 1. The minimum Gasteiger partial charge on any atom is -0.494 e. The summed E-state index contributed by atoms with van der Waals surface area (Å²) in [7, 11) is 0. The van der Waals surface area contributed by atoms with Crippen molar-refractivity contribution in [2.75, 3.05) is 11.9 Å². The van der Waals surface area contributed by atoms with E-state index in [0.717, 1.165) is 35.5 Å². The molecular weight excluding hydrogens is 302 g/mol. The monoisotopic (exact) mass is 323 g/mol. The number of hydrogen-bond acceptors (Lipinski definition) is 3. The highest BCUT2D eigenvalue weighted by atomic mass is 16.5. The number of fused-ring (bicyclic) bond motifs is 1. The van der Waals surface area contributed by atoms with Gasteiger partial charge in [-0.25, -0.2) is 4.98 Å². The SMILES string of the molecule is CCCCOc1ccc(NC(=O)c2cn3ccc(C)cc3n2)cc1. The van der Waals surface area contributed by atoms with Crippen molar-refractivity contribution in [3.8, 4) is 5.75 Å². The van der Waals surface area contributed by atoms with E-state index in [-0.39, 0.29) is 5.91 Å². The molecule has 1 aromatic carbocycles. The molecule has 0 radical (unpaired) electrons. The van der Waals surface area contributed by atoms with Crippen LogP contribution in [0.4, 0.5) is 5.69 Å². The van der Waals surface area contributed by atoms with Gasteiger partial charge in [0.15, 0.2) is 0 Å². The van der Waals surface area contributed by atoms with Gasteiger partial charge in [-0.1, -0.05) is 13.3 Å². The highest BCUT2D eigenvalue weighted by molar-refractivity contribution is 6.03. The average Bonchev–Trinajstić information content (AvgIpc) is 3.00. The maximum absolute atomic E-state index is 12.3. The fourth-order valence-electron chi connectivity index (χ4n) is 2.36. The van der Waals surface area contributed by atoms with Crippen molar-refractivity contribution in [2.45, 2.75) is 26.7 Å². The van der Waals surface area contributed by atoms with Crippen LogP contribution in [0, 0.1) is 6.92 Å². The number of carbonyl (C=O) groups excluding carboxylic acids is 1. The van der Waals surface area contributed by atoms with E-state index in [9.17, 15) is 4.79 Å². The van der Waals surface area contributed by atoms with Gasteiger partial charge in [0, 0.05) is 18.1 Å². The van der Waals surface area contributed by atoms with Crippen LogP contribution in [0.2, 0.25) is 0 Å². The Bertz CT molecular complexity index is 837. The smallest absolute Gasteiger partial charge is 0.275 e. The molecule has 2 heterocycles. The van der Waals surface area contributed by atoms with Gasteiger partial charge < -0.3 is 14.5 Å². The van der Waals surface area contributed by atoms with Crippen LogP contribution in [0.3, 0.4) is 0 Å². The molecule has 3 aromatic rings. The molecule has 0 saturated heterocycles. The van der Waals surface area contributed by atoms with Crippen LogP contribution in [0.5, 0.6) is 5.75 Å². The van der Waals surface area contributed by atoms with E-state index < -0.39 is 0 Å². The first-order valence-corrected chi connectivity index (χ1v) is 8.15. The number of ether oxygens (including phenoxy) is 1. The van der Waals surface area contributed by atoms with Crippen molar-refractivity contribution < 1.29 is 9.53 Å². The van der Waals surface area contributed by atoms with E-state index in [2.05, 4.69) is 17.2 Å². The molecule has 24 heavy (non-hydrogen) atoms. The summed E-state index contributed by atoms with van der Waals surface area (Å²) in [5.74, 6) is 0.584. The molecule has 0 unspecified atom stereocenters. The Morgan fingerprint density at radius 2 is 2.04 bits per heavy atom. The lowest BCUT2D eigenvalue weighted by molar-refractivity contribution is 0.102. The molecule has 0 aliphatic heterocycles. The van der Waals surface area contributed by atoms with Crippen LogP contribution in [0.15, 0.2) is 48.8 Å². The number of anilines is 1. The van der Waals surface area contributed by atoms with Crippen LogP contribution in [-0.4, -0.2) is 21.9 Å². The number of aromatic nitrogens is 2. The predicted octanol–water partition coefficient (Wildman–Crippen LogP) is 4.07. The number of amides is 1. The van der Waals surface area contributed by atoms with Crippen molar-refractivity contribution in [3.05, 3.63) is 60.0 Å². The quantitative estimate of drug-likeness (QED) is 0.696. The maximum Gasteiger partial charge on any atom is 0.275 e. The zero-order chi connectivity index (χ0) is 16.9. The Balaban J connectivity index is 1.67. The molecule has 1 N–H and O–H groups in total. The lowest BCUT2D eigenvalue weighted by Gasteiger charge is -2.07. The summed E-state index contributed by atoms with van der Waals surface area (Å²) in [4.78, 5) is 16.7. The third-order valence-electron chi connectivity index (χ3n) is 3.73. The van der Waals surface area contributed by atoms with Gasteiger partial charge in [-0.3, -0.25) is 4.79 Å². The number of unbranched alkanes of at least 4 members (excludes halogenated alkanes) is 1. The van der Waals surface area contributed by atoms with Crippen LogP contribution in [0.1, 0.15) is 35.8 Å². The molecule has 0 aliphatic rings. The summed E-state index contributed by atoms with van der Waals surface area (Å²) in [5, 5.41) is 2.86. The molecular formula is C19H21N3O2. The van der Waals surface area contributed by atoms with E-state index in [0.29, 0.717) is 12.3 Å². The van der Waals surface area contributed by atoms with Crippen molar-refractivity contribution >= 4 is 17.2 Å². The number of imidazole rings is 1. The average molecular weight is 323 g/mol. The Labute approximate surface area is 141 Å². The number of nitrogens with zero attached hydrogens (tertiary/aromatic N) is 2. The second kappa shape index (κ2) is 7.17. The third kappa shape index (κ3) is 3.74. The maximum atomic E-state index is 12.3. The second-order valence-electron chi connectivity index (χ2n) is 5.78. The van der Waals surface area contributed by atoms with E-state index in [1.165, 1.54) is 0 Å². The summed E-state index contributed by atoms with van der Waals surface area (Å²) in [6.45, 7) is 4.84. The normalized spacial score (nSPS) is 10.8. The van der Waals surface area contributed by atoms with Gasteiger partial charge in [-0.15, -0.1) is 0 Å². The van der Waals surface area contributed by atoms with E-state index in [1.807, 2.05) is 53.9 Å². The van der Waals surface area contributed by atoms with Gasteiger partial charge >= 0.3 is 0 Å². The fraction of sp³-hybridized carbons (Fsp3) is 0.263. The summed E-state index contributed by atoms with van der Waals surface area (Å²) in [6, 6.07) is 11.3. The predicted molar refractivity (Wildman–Crippen MR) is 94.7 cm³/mol. The summed E-state index contributed by atoms with van der Waals surface area (Å²) >= 11 is 0. The lowest BCUT2D eigenvalue weighted by atomic mass is 10.3. The largest absolute Gasteiger partial charge is 0.494 e. The van der Waals surface area contributed by atoms with Crippen molar-refractivity contribution in [2.24, 2.45) is 0 Å². The first-order chi connectivity index (χ1) is 11.7. The van der Waals surface area contributed by atoms with Gasteiger partial charge in [0.1, 0.15) is 17.1 Å². The Morgan fingerprint density at radius 1 is 1.25 bits per heavy atom. The number of aryl methyl sites for hydroxylation is 1. The van der Waals surface area contributed by atoms with E-state index >= 15 is 0 Å². The number of hydrogen-bond donors (Lipinski definition) is 1. The topological polar surface area (TPSA) is 55.6 Å². The van der Waals surface area contributed by atoms with Crippen molar-refractivity contribution in [1.29, 1.82) is 0 Å². The molecule has 0 spiro atoms. The molecule has 0 saturated carbocycles. The molecule has 2 aromatic heterocycles. The first-order valence-electron chi connectivity index (χ1n) is 8.15. The van der Waals surface area contributed by atoms with Crippen molar-refractivity contribution in [1.82, 2.24) is 9.38 Å². The summed E-state index contributed by atoms with van der Waals surface area (Å²) in [5.41, 5.74) is 2.98. The molecule has 0 atom stereocenters. The molecule has 3 rings (SSSR count). The zero-order valence-corrected chi connectivity index (χ0v) is 14.0.